The van der Waals surface area contributed by atoms with Crippen LogP contribution in [0.5, 0.6) is 0 Å². The van der Waals surface area contributed by atoms with Gasteiger partial charge in [0.2, 0.25) is 0 Å². The van der Waals surface area contributed by atoms with E-state index in [9.17, 15) is 22.8 Å². The molecule has 0 heterocycles. The van der Waals surface area contributed by atoms with Crippen molar-refractivity contribution in [2.75, 3.05) is 24.2 Å². The molecule has 30 heavy (non-hydrogen) atoms. The van der Waals surface area contributed by atoms with Crippen molar-refractivity contribution in [2.24, 2.45) is 0 Å². The number of hydrogen-bond donors (Lipinski definition) is 3. The molecule has 0 radical (unpaired) electrons. The molecule has 0 fully saturated rings. The molecule has 1 unspecified atom stereocenters. The summed E-state index contributed by atoms with van der Waals surface area (Å²) in [7, 11) is 1.63. The fourth-order valence-corrected chi connectivity index (χ4v) is 3.02. The Morgan fingerprint density at radius 1 is 0.900 bits per heavy atom. The maximum Gasteiger partial charge on any atom is 0.282 e. The molecule has 5 nitrogen and oxygen atoms in total. The van der Waals surface area contributed by atoms with E-state index in [-0.39, 0.29) is 12.5 Å². The third kappa shape index (κ3) is 4.60. The molecule has 0 aliphatic rings. The van der Waals surface area contributed by atoms with Crippen molar-refractivity contribution in [1.29, 1.82) is 0 Å². The second-order valence-corrected chi connectivity index (χ2v) is 7.03. The summed E-state index contributed by atoms with van der Waals surface area (Å²) in [6.45, 7) is 1.52. The molecule has 3 N–H and O–H groups in total. The summed E-state index contributed by atoms with van der Waals surface area (Å²) in [5.74, 6) is -5.40. The van der Waals surface area contributed by atoms with Crippen LogP contribution in [0.3, 0.4) is 0 Å². The van der Waals surface area contributed by atoms with E-state index in [0.717, 1.165) is 22.9 Å². The third-order valence-electron chi connectivity index (χ3n) is 4.93. The van der Waals surface area contributed by atoms with E-state index in [1.165, 1.54) is 0 Å². The lowest BCUT2D eigenvalue weighted by atomic mass is 10.1. The Kier molecular flexibility index (Phi) is 6.37. The average molecular weight is 416 g/mol. The number of benzene rings is 3. The molecule has 0 bridgehead atoms. The first kappa shape index (κ1) is 21.3. The summed E-state index contributed by atoms with van der Waals surface area (Å²) in [5.41, 5.74) is 0.200. The highest BCUT2D eigenvalue weighted by Gasteiger charge is 2.26. The number of likely N-dealkylation sites (N-methyl/N-ethyl adjacent to an activating group) is 1. The number of nitrogens with one attached hydrogen (secondary N) is 3. The van der Waals surface area contributed by atoms with Crippen LogP contribution in [0.2, 0.25) is 0 Å². The maximum atomic E-state index is 13.8. The van der Waals surface area contributed by atoms with Gasteiger partial charge >= 0.3 is 0 Å². The molecule has 0 saturated carbocycles. The molecule has 2 atom stereocenters. The Balaban J connectivity index is 1.63. The largest absolute Gasteiger partial charge is 0.321 e. The van der Waals surface area contributed by atoms with Gasteiger partial charge < -0.3 is 15.5 Å². The summed E-state index contributed by atoms with van der Waals surface area (Å²) >= 11 is 0. The second-order valence-electron chi connectivity index (χ2n) is 7.03. The zero-order chi connectivity index (χ0) is 21.8. The van der Waals surface area contributed by atoms with Crippen LogP contribution in [-0.4, -0.2) is 31.4 Å². The predicted octanol–water partition coefficient (Wildman–Crippen LogP) is 2.74. The molecule has 3 aromatic rings. The topological polar surface area (TPSA) is 62.6 Å². The lowest BCUT2D eigenvalue weighted by Gasteiger charge is -2.21. The Labute approximate surface area is 171 Å². The van der Waals surface area contributed by atoms with Gasteiger partial charge in [0.05, 0.1) is 12.7 Å². The molecule has 0 aliphatic heterocycles. The lowest BCUT2D eigenvalue weighted by Crippen LogP contribution is -3.14. The van der Waals surface area contributed by atoms with Gasteiger partial charge in [-0.1, -0.05) is 36.4 Å². The molecule has 3 aromatic carbocycles. The monoisotopic (exact) mass is 416 g/mol. The zero-order valence-electron chi connectivity index (χ0n) is 16.4. The van der Waals surface area contributed by atoms with Gasteiger partial charge in [-0.2, -0.15) is 0 Å². The molecule has 156 valence electrons. The lowest BCUT2D eigenvalue weighted by molar-refractivity contribution is -0.885. The van der Waals surface area contributed by atoms with Crippen LogP contribution in [0, 0.1) is 17.5 Å². The summed E-state index contributed by atoms with van der Waals surface area (Å²) < 4.78 is 40.1. The van der Waals surface area contributed by atoms with Crippen LogP contribution < -0.4 is 15.5 Å². The standard InChI is InChI=1S/C22H20F3N3O2/c1-13(22(30)27-18-11-10-16(23)20(24)21(18)25)28(2)12-19(29)26-17-9-5-7-14-6-3-4-8-15(14)17/h3-11,13H,12H2,1-2H3,(H,26,29)(H,27,30)/p+1/t13-/m0/s1. The van der Waals surface area contributed by atoms with Gasteiger partial charge in [-0.25, -0.2) is 13.2 Å². The number of quaternary nitrogens is 1. The van der Waals surface area contributed by atoms with E-state index in [1.807, 2.05) is 36.4 Å². The normalized spacial score (nSPS) is 13.0. The van der Waals surface area contributed by atoms with E-state index >= 15 is 0 Å². The van der Waals surface area contributed by atoms with Crippen LogP contribution >= 0.6 is 0 Å². The van der Waals surface area contributed by atoms with Gasteiger partial charge in [-0.15, -0.1) is 0 Å². The van der Waals surface area contributed by atoms with E-state index < -0.39 is 35.1 Å². The summed E-state index contributed by atoms with van der Waals surface area (Å²) in [6, 6.07) is 14.1. The van der Waals surface area contributed by atoms with Crippen molar-refractivity contribution in [3.05, 3.63) is 72.0 Å². The Bertz CT molecular complexity index is 1100. The van der Waals surface area contributed by atoms with Crippen LogP contribution in [0.15, 0.2) is 54.6 Å². The molecule has 3 rings (SSSR count). The van der Waals surface area contributed by atoms with E-state index in [1.54, 1.807) is 20.0 Å². The molecule has 0 aliphatic carbocycles. The molecular formula is C22H21F3N3O2+. The van der Waals surface area contributed by atoms with Crippen LogP contribution in [-0.2, 0) is 9.59 Å². The van der Waals surface area contributed by atoms with Gasteiger partial charge in [0.15, 0.2) is 30.0 Å². The first-order valence-electron chi connectivity index (χ1n) is 9.32. The number of amides is 2. The fraction of sp³-hybridized carbons (Fsp3) is 0.182. The Hall–Kier alpha value is -3.39. The van der Waals surface area contributed by atoms with Crippen molar-refractivity contribution < 1.29 is 27.7 Å². The van der Waals surface area contributed by atoms with Crippen molar-refractivity contribution in [3.8, 4) is 0 Å². The van der Waals surface area contributed by atoms with Crippen molar-refractivity contribution in [3.63, 3.8) is 0 Å². The van der Waals surface area contributed by atoms with E-state index in [2.05, 4.69) is 10.6 Å². The quantitative estimate of drug-likeness (QED) is 0.541. The van der Waals surface area contributed by atoms with Crippen molar-refractivity contribution >= 4 is 34.0 Å². The highest BCUT2D eigenvalue weighted by molar-refractivity contribution is 6.02. The van der Waals surface area contributed by atoms with Gasteiger partial charge in [0, 0.05) is 11.1 Å². The van der Waals surface area contributed by atoms with Gasteiger partial charge in [0.1, 0.15) is 0 Å². The summed E-state index contributed by atoms with van der Waals surface area (Å²) in [6.07, 6.45) is 0. The number of halogens is 3. The summed E-state index contributed by atoms with van der Waals surface area (Å²) in [4.78, 5) is 25.4. The number of carbonyl (C=O) groups excluding carboxylic acids is 2. The molecule has 8 heteroatoms. The van der Waals surface area contributed by atoms with Gasteiger partial charge in [0.25, 0.3) is 11.8 Å². The van der Waals surface area contributed by atoms with Gasteiger partial charge in [-0.05, 0) is 30.5 Å². The first-order chi connectivity index (χ1) is 14.3. The van der Waals surface area contributed by atoms with Crippen LogP contribution in [0.25, 0.3) is 10.8 Å². The number of carbonyl (C=O) groups is 2. The maximum absolute atomic E-state index is 13.8. The number of anilines is 2. The van der Waals surface area contributed by atoms with E-state index in [0.29, 0.717) is 10.6 Å². The smallest absolute Gasteiger partial charge is 0.282 e. The number of hydrogen-bond acceptors (Lipinski definition) is 2. The second kappa shape index (κ2) is 8.96. The van der Waals surface area contributed by atoms with Gasteiger partial charge in [-0.3, -0.25) is 9.59 Å². The minimum atomic E-state index is -1.66. The number of fused-ring (bicyclic) bond motifs is 1. The Morgan fingerprint density at radius 3 is 2.37 bits per heavy atom. The third-order valence-corrected chi connectivity index (χ3v) is 4.93. The zero-order valence-corrected chi connectivity index (χ0v) is 16.4. The van der Waals surface area contributed by atoms with Crippen LogP contribution in [0.4, 0.5) is 24.5 Å². The molecule has 0 aromatic heterocycles. The molecular weight excluding hydrogens is 395 g/mol. The van der Waals surface area contributed by atoms with Crippen LogP contribution in [0.1, 0.15) is 6.92 Å². The molecule has 0 spiro atoms. The molecule has 2 amide bonds. The summed E-state index contributed by atoms with van der Waals surface area (Å²) in [5, 5.41) is 6.95. The first-order valence-corrected chi connectivity index (χ1v) is 9.32. The minimum Gasteiger partial charge on any atom is -0.321 e. The fourth-order valence-electron chi connectivity index (χ4n) is 3.02. The average Bonchev–Trinajstić information content (AvgIpc) is 2.73. The van der Waals surface area contributed by atoms with Crippen molar-refractivity contribution in [1.82, 2.24) is 0 Å². The minimum absolute atomic E-state index is 0.0297. The molecule has 0 saturated heterocycles. The highest BCUT2D eigenvalue weighted by Crippen LogP contribution is 2.22. The highest BCUT2D eigenvalue weighted by atomic mass is 19.2. The SMILES string of the molecule is C[C@@H](C(=O)Nc1ccc(F)c(F)c1F)[NH+](C)CC(=O)Nc1cccc2ccccc12. The van der Waals surface area contributed by atoms with E-state index in [4.69, 9.17) is 0 Å². The van der Waals surface area contributed by atoms with Crippen molar-refractivity contribution in [2.45, 2.75) is 13.0 Å². The predicted molar refractivity (Wildman–Crippen MR) is 109 cm³/mol. The Morgan fingerprint density at radius 2 is 1.60 bits per heavy atom. The number of rotatable bonds is 6.